The Bertz CT molecular complexity index is 351. The van der Waals surface area contributed by atoms with Crippen LogP contribution in [0.2, 0.25) is 0 Å². The van der Waals surface area contributed by atoms with Crippen molar-refractivity contribution >= 4 is 0 Å². The van der Waals surface area contributed by atoms with Crippen molar-refractivity contribution < 1.29 is 9.84 Å². The number of nitrogens with one attached hydrogen (secondary N) is 1. The summed E-state index contributed by atoms with van der Waals surface area (Å²) in [6, 6.07) is 8.05. The number of hydrogen-bond acceptors (Lipinski definition) is 3. The maximum atomic E-state index is 10.1. The summed E-state index contributed by atoms with van der Waals surface area (Å²) < 4.78 is 5.11. The van der Waals surface area contributed by atoms with Crippen LogP contribution in [0.5, 0.6) is 5.75 Å². The molecule has 0 aromatic heterocycles. The quantitative estimate of drug-likeness (QED) is 0.642. The second-order valence-electron chi connectivity index (χ2n) is 5.45. The number of methoxy groups -OCH3 is 1. The van der Waals surface area contributed by atoms with Gasteiger partial charge < -0.3 is 15.2 Å². The Kier molecular flexibility index (Phi) is 8.31. The van der Waals surface area contributed by atoms with Crippen LogP contribution in [0.25, 0.3) is 0 Å². The van der Waals surface area contributed by atoms with Gasteiger partial charge in [0.1, 0.15) is 5.75 Å². The van der Waals surface area contributed by atoms with Crippen LogP contribution >= 0.6 is 0 Å². The molecule has 1 aromatic carbocycles. The molecule has 0 fully saturated rings. The SMILES string of the molecule is CCCCCCC(C)NCC(O)c1ccc(OC)cc1. The standard InChI is InChI=1S/C17H29NO2/c1-4-5-6-7-8-14(2)18-13-17(19)15-9-11-16(20-3)12-10-15/h9-12,14,17-19H,4-8,13H2,1-3H3. The largest absolute Gasteiger partial charge is 0.497 e. The van der Waals surface area contributed by atoms with Gasteiger partial charge in [0.25, 0.3) is 0 Å². The fraction of sp³-hybridized carbons (Fsp3) is 0.647. The number of unbranched alkanes of at least 4 members (excludes halogenated alkanes) is 3. The first-order chi connectivity index (χ1) is 9.67. The van der Waals surface area contributed by atoms with E-state index in [9.17, 15) is 5.11 Å². The molecular formula is C17H29NO2. The summed E-state index contributed by atoms with van der Waals surface area (Å²) >= 11 is 0. The molecule has 2 unspecified atom stereocenters. The average molecular weight is 279 g/mol. The molecule has 0 radical (unpaired) electrons. The Labute approximate surface area is 123 Å². The van der Waals surface area contributed by atoms with Gasteiger partial charge in [-0.05, 0) is 31.0 Å². The van der Waals surface area contributed by atoms with Gasteiger partial charge in [-0.25, -0.2) is 0 Å². The first-order valence-corrected chi connectivity index (χ1v) is 7.72. The number of hydrogen-bond donors (Lipinski definition) is 2. The molecule has 0 heterocycles. The topological polar surface area (TPSA) is 41.5 Å². The summed E-state index contributed by atoms with van der Waals surface area (Å²) in [6.07, 6.45) is 5.89. The van der Waals surface area contributed by atoms with Crippen molar-refractivity contribution in [2.24, 2.45) is 0 Å². The summed E-state index contributed by atoms with van der Waals surface area (Å²) in [6.45, 7) is 5.01. The molecule has 2 N–H and O–H groups in total. The van der Waals surface area contributed by atoms with Crippen LogP contribution < -0.4 is 10.1 Å². The van der Waals surface area contributed by atoms with Crippen LogP contribution in [0, 0.1) is 0 Å². The average Bonchev–Trinajstić information content (AvgIpc) is 2.49. The van der Waals surface area contributed by atoms with Gasteiger partial charge in [0.15, 0.2) is 0 Å². The molecule has 0 bridgehead atoms. The molecule has 0 amide bonds. The molecule has 0 saturated carbocycles. The highest BCUT2D eigenvalue weighted by Gasteiger charge is 2.09. The van der Waals surface area contributed by atoms with E-state index in [0.717, 1.165) is 11.3 Å². The third-order valence-electron chi connectivity index (χ3n) is 3.65. The summed E-state index contributed by atoms with van der Waals surface area (Å²) in [7, 11) is 1.65. The Morgan fingerprint density at radius 2 is 1.85 bits per heavy atom. The van der Waals surface area contributed by atoms with Gasteiger partial charge in [-0.1, -0.05) is 44.7 Å². The smallest absolute Gasteiger partial charge is 0.118 e. The number of benzene rings is 1. The molecule has 0 aliphatic heterocycles. The van der Waals surface area contributed by atoms with Gasteiger partial charge in [-0.2, -0.15) is 0 Å². The molecule has 20 heavy (non-hydrogen) atoms. The van der Waals surface area contributed by atoms with E-state index in [1.807, 2.05) is 24.3 Å². The second kappa shape index (κ2) is 9.78. The van der Waals surface area contributed by atoms with Crippen molar-refractivity contribution in [2.75, 3.05) is 13.7 Å². The molecule has 0 saturated heterocycles. The Morgan fingerprint density at radius 1 is 1.15 bits per heavy atom. The second-order valence-corrected chi connectivity index (χ2v) is 5.45. The van der Waals surface area contributed by atoms with E-state index in [-0.39, 0.29) is 0 Å². The lowest BCUT2D eigenvalue weighted by Crippen LogP contribution is -2.30. The van der Waals surface area contributed by atoms with E-state index in [2.05, 4.69) is 19.2 Å². The van der Waals surface area contributed by atoms with Crippen molar-refractivity contribution in [1.29, 1.82) is 0 Å². The predicted octanol–water partition coefficient (Wildman–Crippen LogP) is 3.68. The zero-order valence-corrected chi connectivity index (χ0v) is 13.1. The Hall–Kier alpha value is -1.06. The lowest BCUT2D eigenvalue weighted by molar-refractivity contribution is 0.169. The molecule has 3 nitrogen and oxygen atoms in total. The molecule has 0 spiro atoms. The summed E-state index contributed by atoms with van der Waals surface area (Å²) in [5, 5.41) is 13.5. The minimum atomic E-state index is -0.459. The van der Waals surface area contributed by atoms with Gasteiger partial charge in [0, 0.05) is 12.6 Å². The molecule has 1 aromatic rings. The fourth-order valence-corrected chi connectivity index (χ4v) is 2.24. The van der Waals surface area contributed by atoms with Gasteiger partial charge in [0.2, 0.25) is 0 Å². The highest BCUT2D eigenvalue weighted by Crippen LogP contribution is 2.17. The van der Waals surface area contributed by atoms with Crippen molar-refractivity contribution in [3.63, 3.8) is 0 Å². The Morgan fingerprint density at radius 3 is 2.45 bits per heavy atom. The van der Waals surface area contributed by atoms with Crippen molar-refractivity contribution in [3.05, 3.63) is 29.8 Å². The lowest BCUT2D eigenvalue weighted by Gasteiger charge is -2.17. The minimum Gasteiger partial charge on any atom is -0.497 e. The van der Waals surface area contributed by atoms with Crippen LogP contribution in [0.15, 0.2) is 24.3 Å². The highest BCUT2D eigenvalue weighted by molar-refractivity contribution is 5.28. The normalized spacial score (nSPS) is 14.0. The number of rotatable bonds is 10. The van der Waals surface area contributed by atoms with Gasteiger partial charge in [-0.15, -0.1) is 0 Å². The number of aliphatic hydroxyl groups excluding tert-OH is 1. The molecule has 1 rings (SSSR count). The van der Waals surface area contributed by atoms with Crippen LogP contribution in [0.4, 0.5) is 0 Å². The zero-order valence-electron chi connectivity index (χ0n) is 13.1. The van der Waals surface area contributed by atoms with Crippen molar-refractivity contribution in [1.82, 2.24) is 5.32 Å². The van der Waals surface area contributed by atoms with Gasteiger partial charge in [0.05, 0.1) is 13.2 Å². The molecule has 0 aliphatic rings. The van der Waals surface area contributed by atoms with E-state index in [1.165, 1.54) is 32.1 Å². The van der Waals surface area contributed by atoms with E-state index in [4.69, 9.17) is 4.74 Å². The van der Waals surface area contributed by atoms with E-state index < -0.39 is 6.10 Å². The monoisotopic (exact) mass is 279 g/mol. The number of aliphatic hydroxyl groups is 1. The van der Waals surface area contributed by atoms with Crippen LogP contribution in [-0.2, 0) is 0 Å². The van der Waals surface area contributed by atoms with Crippen molar-refractivity contribution in [3.8, 4) is 5.75 Å². The maximum Gasteiger partial charge on any atom is 0.118 e. The first-order valence-electron chi connectivity index (χ1n) is 7.72. The summed E-state index contributed by atoms with van der Waals surface area (Å²) in [5.41, 5.74) is 0.927. The first kappa shape index (κ1) is 17.0. The zero-order chi connectivity index (χ0) is 14.8. The number of ether oxygens (including phenoxy) is 1. The third-order valence-corrected chi connectivity index (χ3v) is 3.65. The van der Waals surface area contributed by atoms with Crippen LogP contribution in [0.3, 0.4) is 0 Å². The fourth-order valence-electron chi connectivity index (χ4n) is 2.24. The lowest BCUT2D eigenvalue weighted by atomic mass is 10.1. The molecule has 2 atom stereocenters. The molecular weight excluding hydrogens is 250 g/mol. The minimum absolute atomic E-state index is 0.458. The molecule has 3 heteroatoms. The molecule has 0 aliphatic carbocycles. The van der Waals surface area contributed by atoms with Gasteiger partial charge in [-0.3, -0.25) is 0 Å². The maximum absolute atomic E-state index is 10.1. The van der Waals surface area contributed by atoms with Crippen LogP contribution in [-0.4, -0.2) is 24.8 Å². The van der Waals surface area contributed by atoms with Crippen molar-refractivity contribution in [2.45, 2.75) is 58.1 Å². The highest BCUT2D eigenvalue weighted by atomic mass is 16.5. The summed E-state index contributed by atoms with van der Waals surface area (Å²) in [4.78, 5) is 0. The Balaban J connectivity index is 2.25. The van der Waals surface area contributed by atoms with E-state index >= 15 is 0 Å². The summed E-state index contributed by atoms with van der Waals surface area (Å²) in [5.74, 6) is 0.818. The molecule has 114 valence electrons. The third kappa shape index (κ3) is 6.40. The van der Waals surface area contributed by atoms with Gasteiger partial charge >= 0.3 is 0 Å². The van der Waals surface area contributed by atoms with E-state index in [0.29, 0.717) is 12.6 Å². The van der Waals surface area contributed by atoms with Crippen LogP contribution in [0.1, 0.15) is 57.6 Å². The van der Waals surface area contributed by atoms with E-state index in [1.54, 1.807) is 7.11 Å². The predicted molar refractivity (Wildman–Crippen MR) is 84.2 cm³/mol.